The molecule has 4 nitrogen and oxygen atoms in total. The Morgan fingerprint density at radius 1 is 1.05 bits per heavy atom. The molecule has 130 valence electrons. The number of nitrogens with zero attached hydrogens (tertiary/aromatic N) is 2. The topological polar surface area (TPSA) is 24.9 Å². The van der Waals surface area contributed by atoms with Crippen molar-refractivity contribution in [2.45, 2.75) is 57.3 Å². The molecule has 5 heteroatoms. The van der Waals surface area contributed by atoms with Crippen molar-refractivity contribution in [3.8, 4) is 0 Å². The van der Waals surface area contributed by atoms with Crippen LogP contribution in [0.1, 0.15) is 33.1 Å². The van der Waals surface area contributed by atoms with E-state index in [1.165, 1.54) is 63.6 Å². The predicted molar refractivity (Wildman–Crippen MR) is 95.0 cm³/mol. The Bertz CT molecular complexity index is 303. The lowest BCUT2D eigenvalue weighted by atomic mass is 10.3. The van der Waals surface area contributed by atoms with Gasteiger partial charge in [-0.1, -0.05) is 26.7 Å². The fourth-order valence-corrected chi connectivity index (χ4v) is 8.53. The summed E-state index contributed by atoms with van der Waals surface area (Å²) < 4.78 is 12.7. The van der Waals surface area contributed by atoms with Gasteiger partial charge in [-0.2, -0.15) is 0 Å². The van der Waals surface area contributed by atoms with Gasteiger partial charge >= 0.3 is 0 Å². The minimum Gasteiger partial charge on any atom is -0.410 e. The van der Waals surface area contributed by atoms with Crippen molar-refractivity contribution in [2.24, 2.45) is 0 Å². The van der Waals surface area contributed by atoms with Crippen LogP contribution < -0.4 is 0 Å². The highest BCUT2D eigenvalue weighted by atomic mass is 28.4. The van der Waals surface area contributed by atoms with E-state index >= 15 is 0 Å². The Morgan fingerprint density at radius 3 is 2.36 bits per heavy atom. The molecular weight excluding hydrogens is 292 g/mol. The van der Waals surface area contributed by atoms with Crippen LogP contribution in [0.25, 0.3) is 0 Å². The molecule has 1 atom stereocenters. The molecule has 0 aromatic carbocycles. The number of likely N-dealkylation sites (N-methyl/N-ethyl adjacent to an activating group) is 1. The van der Waals surface area contributed by atoms with Gasteiger partial charge in [0.15, 0.2) is 8.32 Å². The summed E-state index contributed by atoms with van der Waals surface area (Å²) in [6, 6.07) is 3.97. The van der Waals surface area contributed by atoms with Gasteiger partial charge < -0.3 is 14.1 Å². The molecule has 0 spiro atoms. The van der Waals surface area contributed by atoms with Gasteiger partial charge in [-0.05, 0) is 31.6 Å². The average molecular weight is 329 g/mol. The SMILES string of the molecule is CCC[Si]1(CCC)CCCOCC(CN2CCN(C)CC2)O1. The Hall–Kier alpha value is 0.0569. The van der Waals surface area contributed by atoms with E-state index < -0.39 is 8.32 Å². The smallest absolute Gasteiger partial charge is 0.193 e. The van der Waals surface area contributed by atoms with Crippen molar-refractivity contribution in [1.29, 1.82) is 0 Å². The molecular formula is C17H36N2O2Si. The minimum absolute atomic E-state index is 0.300. The zero-order valence-electron chi connectivity index (χ0n) is 15.0. The lowest BCUT2D eigenvalue weighted by Crippen LogP contribution is -2.52. The van der Waals surface area contributed by atoms with E-state index in [1.807, 2.05) is 0 Å². The summed E-state index contributed by atoms with van der Waals surface area (Å²) in [7, 11) is 0.672. The van der Waals surface area contributed by atoms with Crippen molar-refractivity contribution < 1.29 is 9.16 Å². The number of rotatable bonds is 6. The summed E-state index contributed by atoms with van der Waals surface area (Å²) in [5, 5.41) is 0. The molecule has 0 aromatic rings. The molecule has 22 heavy (non-hydrogen) atoms. The van der Waals surface area contributed by atoms with E-state index in [0.717, 1.165) is 19.8 Å². The molecule has 2 rings (SSSR count). The first-order chi connectivity index (χ1) is 10.7. The second-order valence-electron chi connectivity index (χ2n) is 7.21. The normalized spacial score (nSPS) is 28.2. The Morgan fingerprint density at radius 2 is 1.73 bits per heavy atom. The molecule has 0 aliphatic carbocycles. The van der Waals surface area contributed by atoms with Crippen LogP contribution in [0.3, 0.4) is 0 Å². The Balaban J connectivity index is 1.95. The minimum atomic E-state index is -1.54. The predicted octanol–water partition coefficient (Wildman–Crippen LogP) is 2.80. The van der Waals surface area contributed by atoms with E-state index in [0.29, 0.717) is 6.10 Å². The molecule has 0 N–H and O–H groups in total. The first-order valence-electron chi connectivity index (χ1n) is 9.34. The quantitative estimate of drug-likeness (QED) is 0.700. The largest absolute Gasteiger partial charge is 0.410 e. The van der Waals surface area contributed by atoms with Crippen LogP contribution in [-0.4, -0.2) is 77.2 Å². The van der Waals surface area contributed by atoms with Gasteiger partial charge in [0.25, 0.3) is 0 Å². The van der Waals surface area contributed by atoms with E-state index in [2.05, 4.69) is 30.7 Å². The lowest BCUT2D eigenvalue weighted by Gasteiger charge is -2.40. The molecule has 2 aliphatic rings. The molecule has 0 radical (unpaired) electrons. The summed E-state index contributed by atoms with van der Waals surface area (Å²) in [5.41, 5.74) is 0. The van der Waals surface area contributed by atoms with Gasteiger partial charge in [0.2, 0.25) is 0 Å². The standard InChI is InChI=1S/C17H36N2O2Si/c1-4-12-22(13-5-2)14-6-11-20-16-17(21-22)15-19-9-7-18(3)8-10-19/h17H,4-16H2,1-3H3. The van der Waals surface area contributed by atoms with Gasteiger partial charge in [0.05, 0.1) is 12.7 Å². The second kappa shape index (κ2) is 9.38. The fraction of sp³-hybridized carbons (Fsp3) is 1.00. The fourth-order valence-electron chi connectivity index (χ4n) is 3.97. The summed E-state index contributed by atoms with van der Waals surface area (Å²) in [6.07, 6.45) is 4.05. The van der Waals surface area contributed by atoms with Gasteiger partial charge in [0.1, 0.15) is 0 Å². The molecule has 0 bridgehead atoms. The molecule has 0 saturated carbocycles. The Labute approximate surface area is 138 Å². The van der Waals surface area contributed by atoms with Crippen LogP contribution in [0.15, 0.2) is 0 Å². The highest BCUT2D eigenvalue weighted by Crippen LogP contribution is 2.30. The molecule has 2 fully saturated rings. The number of piperazine rings is 1. The van der Waals surface area contributed by atoms with E-state index in [1.54, 1.807) is 0 Å². The van der Waals surface area contributed by atoms with Gasteiger partial charge in [0, 0.05) is 39.3 Å². The second-order valence-corrected chi connectivity index (χ2v) is 11.3. The van der Waals surface area contributed by atoms with Crippen LogP contribution in [0, 0.1) is 0 Å². The maximum absolute atomic E-state index is 6.85. The third kappa shape index (κ3) is 5.60. The van der Waals surface area contributed by atoms with Crippen molar-refractivity contribution in [3.63, 3.8) is 0 Å². The Kier molecular flexibility index (Phi) is 7.84. The van der Waals surface area contributed by atoms with Crippen molar-refractivity contribution in [3.05, 3.63) is 0 Å². The third-order valence-electron chi connectivity index (χ3n) is 5.11. The summed E-state index contributed by atoms with van der Waals surface area (Å²) in [4.78, 5) is 4.99. The monoisotopic (exact) mass is 328 g/mol. The maximum Gasteiger partial charge on any atom is 0.193 e. The maximum atomic E-state index is 6.85. The summed E-state index contributed by atoms with van der Waals surface area (Å²) >= 11 is 0. The van der Waals surface area contributed by atoms with Crippen LogP contribution in [0.4, 0.5) is 0 Å². The molecule has 2 aliphatic heterocycles. The highest BCUT2D eigenvalue weighted by molar-refractivity contribution is 6.73. The first-order valence-corrected chi connectivity index (χ1v) is 11.9. The number of hydrogen-bond acceptors (Lipinski definition) is 4. The van der Waals surface area contributed by atoms with Crippen LogP contribution in [0.2, 0.25) is 18.1 Å². The number of ether oxygens (including phenoxy) is 1. The number of hydrogen-bond donors (Lipinski definition) is 0. The van der Waals surface area contributed by atoms with Crippen LogP contribution >= 0.6 is 0 Å². The molecule has 0 aromatic heterocycles. The van der Waals surface area contributed by atoms with Gasteiger partial charge in [-0.3, -0.25) is 4.90 Å². The van der Waals surface area contributed by atoms with Crippen LogP contribution in [0.5, 0.6) is 0 Å². The van der Waals surface area contributed by atoms with E-state index in [9.17, 15) is 0 Å². The average Bonchev–Trinajstić information content (AvgIpc) is 2.47. The van der Waals surface area contributed by atoms with Crippen molar-refractivity contribution >= 4 is 8.32 Å². The van der Waals surface area contributed by atoms with E-state index in [-0.39, 0.29) is 0 Å². The van der Waals surface area contributed by atoms with Crippen molar-refractivity contribution in [2.75, 3.05) is 53.0 Å². The third-order valence-corrected chi connectivity index (χ3v) is 10.0. The van der Waals surface area contributed by atoms with Gasteiger partial charge in [-0.15, -0.1) is 0 Å². The lowest BCUT2D eigenvalue weighted by molar-refractivity contribution is 0.00789. The zero-order valence-corrected chi connectivity index (χ0v) is 16.0. The van der Waals surface area contributed by atoms with E-state index in [4.69, 9.17) is 9.16 Å². The molecule has 2 heterocycles. The molecule has 1 unspecified atom stereocenters. The van der Waals surface area contributed by atoms with Crippen LogP contribution in [-0.2, 0) is 9.16 Å². The zero-order chi connectivity index (χ0) is 15.8. The van der Waals surface area contributed by atoms with Gasteiger partial charge in [-0.25, -0.2) is 0 Å². The summed E-state index contributed by atoms with van der Waals surface area (Å²) in [5.74, 6) is 0. The molecule has 0 amide bonds. The highest BCUT2D eigenvalue weighted by Gasteiger charge is 2.37. The first kappa shape index (κ1) is 18.4. The molecule has 2 saturated heterocycles. The summed E-state index contributed by atoms with van der Waals surface area (Å²) in [6.45, 7) is 12.1. The van der Waals surface area contributed by atoms with Crippen molar-refractivity contribution in [1.82, 2.24) is 9.80 Å².